The van der Waals surface area contributed by atoms with Gasteiger partial charge >= 0.3 is 0 Å². The lowest BCUT2D eigenvalue weighted by molar-refractivity contribution is 0.314. The molecule has 1 heterocycles. The molecule has 176 valence electrons. The number of hydrogen-bond donors (Lipinski definition) is 0. The summed E-state index contributed by atoms with van der Waals surface area (Å²) in [7, 11) is 0. The number of pyridine rings is 1. The van der Waals surface area contributed by atoms with E-state index in [0.29, 0.717) is 18.1 Å². The van der Waals surface area contributed by atoms with Gasteiger partial charge in [0.2, 0.25) is 0 Å². The summed E-state index contributed by atoms with van der Waals surface area (Å²) in [6, 6.07) is 31.1. The minimum Gasteiger partial charge on any atom is -0.493 e. The van der Waals surface area contributed by atoms with Gasteiger partial charge in [-0.05, 0) is 48.1 Å². The smallest absolute Gasteiger partial charge is 0.122 e. The maximum atomic E-state index is 10.1. The molecule has 0 saturated carbocycles. The Morgan fingerprint density at radius 1 is 0.914 bits per heavy atom. The number of rotatable bonds is 9. The van der Waals surface area contributed by atoms with E-state index < -0.39 is 0 Å². The maximum Gasteiger partial charge on any atom is 0.122 e. The molecule has 0 saturated heterocycles. The van der Waals surface area contributed by atoms with E-state index in [1.165, 1.54) is 11.1 Å². The van der Waals surface area contributed by atoms with Crippen molar-refractivity contribution in [1.29, 1.82) is 5.26 Å². The summed E-state index contributed by atoms with van der Waals surface area (Å²) in [5.41, 5.74) is 6.93. The van der Waals surface area contributed by atoms with Gasteiger partial charge in [0.05, 0.1) is 17.9 Å². The maximum absolute atomic E-state index is 10.1. The average Bonchev–Trinajstić information content (AvgIpc) is 2.89. The molecule has 4 aromatic rings. The number of aryl methyl sites for hydroxylation is 1. The van der Waals surface area contributed by atoms with Crippen molar-refractivity contribution in [3.05, 3.63) is 102 Å². The normalized spacial score (nSPS) is 10.8. The molecule has 0 aliphatic rings. The molecule has 0 amide bonds. The monoisotopic (exact) mass is 478 g/mol. The summed E-state index contributed by atoms with van der Waals surface area (Å²) >= 11 is 1.62. The van der Waals surface area contributed by atoms with E-state index in [0.717, 1.165) is 45.3 Å². The van der Waals surface area contributed by atoms with Gasteiger partial charge < -0.3 is 4.74 Å². The van der Waals surface area contributed by atoms with Crippen LogP contribution in [0, 0.1) is 18.3 Å². The van der Waals surface area contributed by atoms with Crippen LogP contribution in [0.2, 0.25) is 0 Å². The zero-order valence-corrected chi connectivity index (χ0v) is 21.3. The molecule has 0 atom stereocenters. The van der Waals surface area contributed by atoms with E-state index in [-0.39, 0.29) is 0 Å². The number of thioether (sulfide) groups is 1. The van der Waals surface area contributed by atoms with E-state index in [4.69, 9.17) is 9.72 Å². The lowest BCUT2D eigenvalue weighted by Gasteiger charge is -2.15. The lowest BCUT2D eigenvalue weighted by Crippen LogP contribution is -2.03. The second-order valence-electron chi connectivity index (χ2n) is 8.83. The van der Waals surface area contributed by atoms with Crippen molar-refractivity contribution < 1.29 is 4.74 Å². The number of aromatic nitrogens is 1. The van der Waals surface area contributed by atoms with Gasteiger partial charge in [-0.3, -0.25) is 0 Å². The predicted molar refractivity (Wildman–Crippen MR) is 146 cm³/mol. The fourth-order valence-corrected chi connectivity index (χ4v) is 4.91. The summed E-state index contributed by atoms with van der Waals surface area (Å²) in [5.74, 6) is 2.20. The summed E-state index contributed by atoms with van der Waals surface area (Å²) in [5, 5.41) is 10.8. The van der Waals surface area contributed by atoms with Crippen LogP contribution in [-0.4, -0.2) is 17.3 Å². The van der Waals surface area contributed by atoms with E-state index >= 15 is 0 Å². The van der Waals surface area contributed by atoms with Gasteiger partial charge in [0, 0.05) is 16.9 Å². The van der Waals surface area contributed by atoms with Crippen LogP contribution >= 0.6 is 11.8 Å². The molecule has 0 radical (unpaired) electrons. The number of nitriles is 1. The second kappa shape index (κ2) is 11.7. The summed E-state index contributed by atoms with van der Waals surface area (Å²) in [4.78, 5) is 4.90. The van der Waals surface area contributed by atoms with Crippen molar-refractivity contribution in [2.45, 2.75) is 38.1 Å². The highest BCUT2D eigenvalue weighted by atomic mass is 32.2. The molecule has 4 heteroatoms. The van der Waals surface area contributed by atoms with Crippen LogP contribution in [0.15, 0.2) is 90.0 Å². The third kappa shape index (κ3) is 6.12. The van der Waals surface area contributed by atoms with Gasteiger partial charge in [0.25, 0.3) is 0 Å². The first-order valence-electron chi connectivity index (χ1n) is 12.0. The topological polar surface area (TPSA) is 45.9 Å². The van der Waals surface area contributed by atoms with Crippen LogP contribution in [0.4, 0.5) is 0 Å². The molecular formula is C31H30N2OS. The number of hydrogen-bond acceptors (Lipinski definition) is 4. The van der Waals surface area contributed by atoms with Crippen LogP contribution < -0.4 is 4.74 Å². The van der Waals surface area contributed by atoms with Crippen molar-refractivity contribution in [3.63, 3.8) is 0 Å². The van der Waals surface area contributed by atoms with E-state index in [1.54, 1.807) is 11.8 Å². The molecule has 3 nitrogen and oxygen atoms in total. The van der Waals surface area contributed by atoms with Crippen LogP contribution in [0.1, 0.15) is 42.9 Å². The van der Waals surface area contributed by atoms with Gasteiger partial charge in [-0.25, -0.2) is 4.98 Å². The largest absolute Gasteiger partial charge is 0.493 e. The Morgan fingerprint density at radius 2 is 1.60 bits per heavy atom. The number of benzene rings is 3. The van der Waals surface area contributed by atoms with Gasteiger partial charge in [0.1, 0.15) is 16.8 Å². The third-order valence-corrected chi connectivity index (χ3v) is 6.89. The van der Waals surface area contributed by atoms with E-state index in [1.807, 2.05) is 54.6 Å². The first kappa shape index (κ1) is 24.6. The quantitative estimate of drug-likeness (QED) is 0.179. The summed E-state index contributed by atoms with van der Waals surface area (Å²) in [6.07, 6.45) is 0.860. The molecule has 3 aromatic carbocycles. The van der Waals surface area contributed by atoms with Crippen LogP contribution in [0.25, 0.3) is 22.4 Å². The van der Waals surface area contributed by atoms with Gasteiger partial charge in [-0.2, -0.15) is 5.26 Å². The number of ether oxygens (including phenoxy) is 1. The van der Waals surface area contributed by atoms with E-state index in [9.17, 15) is 5.26 Å². The Bertz CT molecular complexity index is 1310. The zero-order valence-electron chi connectivity index (χ0n) is 20.5. The van der Waals surface area contributed by atoms with Crippen LogP contribution in [-0.2, 0) is 0 Å². The Morgan fingerprint density at radius 3 is 2.26 bits per heavy atom. The average molecular weight is 479 g/mol. The van der Waals surface area contributed by atoms with Gasteiger partial charge in [-0.1, -0.05) is 86.6 Å². The highest BCUT2D eigenvalue weighted by molar-refractivity contribution is 7.99. The Labute approximate surface area is 212 Å². The molecule has 1 aromatic heterocycles. The molecule has 0 unspecified atom stereocenters. The SMILES string of the molecule is Cc1ccc(C(C)C)c(OCCCSc2nc(-c3ccccc3)cc(-c3ccccc3)c2C#N)c1. The van der Waals surface area contributed by atoms with Crippen molar-refractivity contribution >= 4 is 11.8 Å². The molecule has 0 bridgehead atoms. The van der Waals surface area contributed by atoms with Crippen LogP contribution in [0.5, 0.6) is 5.75 Å². The molecule has 0 fully saturated rings. The first-order valence-corrected chi connectivity index (χ1v) is 13.0. The molecule has 0 aliphatic carbocycles. The fourth-order valence-electron chi connectivity index (χ4n) is 3.99. The van der Waals surface area contributed by atoms with Gasteiger partial charge in [0.15, 0.2) is 0 Å². The predicted octanol–water partition coefficient (Wildman–Crippen LogP) is 8.28. The highest BCUT2D eigenvalue weighted by Crippen LogP contribution is 2.34. The highest BCUT2D eigenvalue weighted by Gasteiger charge is 2.16. The zero-order chi connectivity index (χ0) is 24.6. The molecule has 0 spiro atoms. The molecular weight excluding hydrogens is 448 g/mol. The first-order chi connectivity index (χ1) is 17.1. The number of nitrogens with zero attached hydrogens (tertiary/aromatic N) is 2. The minimum absolute atomic E-state index is 0.416. The standard InChI is InChI=1S/C31H30N2OS/c1-22(2)26-16-15-23(3)19-30(26)34-17-10-18-35-31-28(21-32)27(24-11-6-4-7-12-24)20-29(33-31)25-13-8-5-9-14-25/h4-9,11-16,19-20,22H,10,17-18H2,1-3H3. The Kier molecular flexibility index (Phi) is 8.23. The minimum atomic E-state index is 0.416. The van der Waals surface area contributed by atoms with Gasteiger partial charge in [-0.15, -0.1) is 11.8 Å². The van der Waals surface area contributed by atoms with E-state index in [2.05, 4.69) is 57.2 Å². The van der Waals surface area contributed by atoms with Crippen molar-refractivity contribution in [3.8, 4) is 34.2 Å². The van der Waals surface area contributed by atoms with Crippen molar-refractivity contribution in [2.75, 3.05) is 12.4 Å². The van der Waals surface area contributed by atoms with Crippen molar-refractivity contribution in [2.24, 2.45) is 0 Å². The summed E-state index contributed by atoms with van der Waals surface area (Å²) in [6.45, 7) is 7.09. The summed E-state index contributed by atoms with van der Waals surface area (Å²) < 4.78 is 6.16. The second-order valence-corrected chi connectivity index (χ2v) is 9.91. The fraction of sp³-hybridized carbons (Fsp3) is 0.226. The lowest BCUT2D eigenvalue weighted by atomic mass is 9.99. The molecule has 35 heavy (non-hydrogen) atoms. The van der Waals surface area contributed by atoms with Crippen LogP contribution in [0.3, 0.4) is 0 Å². The molecule has 0 N–H and O–H groups in total. The Hall–Kier alpha value is -3.55. The Balaban J connectivity index is 1.53. The molecule has 4 rings (SSSR count). The molecule has 0 aliphatic heterocycles. The van der Waals surface area contributed by atoms with Crippen molar-refractivity contribution in [1.82, 2.24) is 4.98 Å². The third-order valence-electron chi connectivity index (χ3n) is 5.83.